The number of nitrogens with one attached hydrogen (secondary N) is 1. The van der Waals surface area contributed by atoms with Crippen molar-refractivity contribution in [3.63, 3.8) is 0 Å². The lowest BCUT2D eigenvalue weighted by Gasteiger charge is -2.16. The quantitative estimate of drug-likeness (QED) is 0.420. The molecule has 0 amide bonds. The van der Waals surface area contributed by atoms with Gasteiger partial charge in [-0.3, -0.25) is 10.2 Å². The van der Waals surface area contributed by atoms with Crippen molar-refractivity contribution in [2.75, 3.05) is 0 Å². The molecule has 0 aromatic heterocycles. The molecule has 1 aromatic carbocycles. The molecule has 2 aliphatic heterocycles. The van der Waals surface area contributed by atoms with Crippen LogP contribution in [-0.2, 0) is 0 Å². The van der Waals surface area contributed by atoms with Crippen molar-refractivity contribution in [2.24, 2.45) is 0 Å². The molecule has 0 spiro atoms. The lowest BCUT2D eigenvalue weighted by Crippen LogP contribution is -2.27. The van der Waals surface area contributed by atoms with Crippen molar-refractivity contribution in [1.29, 1.82) is 5.26 Å². The number of benzene rings is 1. The Hall–Kier alpha value is -1.79. The van der Waals surface area contributed by atoms with Gasteiger partial charge in [-0.05, 0) is 5.56 Å². The molecule has 0 radical (unpaired) electrons. The lowest BCUT2D eigenvalue weighted by atomic mass is 10.0. The standard InChI is InChI=1S/C12H11N3/c13-8-15-11-7-6-10(14-12(11)15)9-4-2-1-3-5-9/h1-7,10-12,14H/t10-,11-,12-,15?/m0/s1. The average molecular weight is 197 g/mol. The van der Waals surface area contributed by atoms with Gasteiger partial charge in [0.1, 0.15) is 6.17 Å². The van der Waals surface area contributed by atoms with E-state index < -0.39 is 0 Å². The molecule has 15 heavy (non-hydrogen) atoms. The van der Waals surface area contributed by atoms with Crippen molar-refractivity contribution in [2.45, 2.75) is 18.2 Å². The summed E-state index contributed by atoms with van der Waals surface area (Å²) >= 11 is 0. The van der Waals surface area contributed by atoms with Crippen LogP contribution in [0.5, 0.6) is 0 Å². The van der Waals surface area contributed by atoms with Crippen molar-refractivity contribution in [3.8, 4) is 6.19 Å². The number of hydrogen-bond acceptors (Lipinski definition) is 3. The molecule has 74 valence electrons. The molecule has 3 rings (SSSR count). The smallest absolute Gasteiger partial charge is 0.181 e. The van der Waals surface area contributed by atoms with E-state index in [1.54, 1.807) is 4.90 Å². The van der Waals surface area contributed by atoms with Gasteiger partial charge in [0.2, 0.25) is 0 Å². The molecule has 1 aromatic rings. The van der Waals surface area contributed by atoms with Gasteiger partial charge in [-0.15, -0.1) is 0 Å². The minimum atomic E-state index is 0.213. The van der Waals surface area contributed by atoms with Crippen LogP contribution in [-0.4, -0.2) is 17.1 Å². The number of hydrogen-bond donors (Lipinski definition) is 1. The zero-order chi connectivity index (χ0) is 10.3. The SMILES string of the molecule is N#CN1[C@@H]2N[C@H](c3ccccc3)C=C[C@@H]21. The molecule has 0 unspecified atom stereocenters. The van der Waals surface area contributed by atoms with Crippen LogP contribution in [0.2, 0.25) is 0 Å². The third-order valence-electron chi connectivity index (χ3n) is 2.98. The van der Waals surface area contributed by atoms with E-state index in [0.717, 1.165) is 0 Å². The van der Waals surface area contributed by atoms with Crippen LogP contribution in [0.4, 0.5) is 0 Å². The molecule has 1 saturated heterocycles. The van der Waals surface area contributed by atoms with Crippen LogP contribution in [0.25, 0.3) is 0 Å². The van der Waals surface area contributed by atoms with Crippen LogP contribution in [0.3, 0.4) is 0 Å². The number of nitrogens with zero attached hydrogens (tertiary/aromatic N) is 2. The molecule has 0 saturated carbocycles. The van der Waals surface area contributed by atoms with Gasteiger partial charge in [0.05, 0.1) is 12.1 Å². The Balaban J connectivity index is 1.80. The summed E-state index contributed by atoms with van der Waals surface area (Å²) in [7, 11) is 0. The van der Waals surface area contributed by atoms with Gasteiger partial charge in [-0.2, -0.15) is 5.26 Å². The first kappa shape index (κ1) is 8.51. The molecule has 3 heteroatoms. The second-order valence-corrected chi connectivity index (χ2v) is 3.88. The first-order valence-electron chi connectivity index (χ1n) is 5.07. The summed E-state index contributed by atoms with van der Waals surface area (Å²) in [6.07, 6.45) is 6.63. The number of fused-ring (bicyclic) bond motifs is 1. The van der Waals surface area contributed by atoms with Gasteiger partial charge >= 0.3 is 0 Å². The third-order valence-corrected chi connectivity index (χ3v) is 2.98. The van der Waals surface area contributed by atoms with Gasteiger partial charge in [-0.25, -0.2) is 0 Å². The van der Waals surface area contributed by atoms with E-state index >= 15 is 0 Å². The summed E-state index contributed by atoms with van der Waals surface area (Å²) in [5, 5.41) is 12.2. The van der Waals surface area contributed by atoms with Crippen molar-refractivity contribution >= 4 is 0 Å². The minimum absolute atomic E-state index is 0.213. The second kappa shape index (κ2) is 3.11. The summed E-state index contributed by atoms with van der Waals surface area (Å²) < 4.78 is 0. The highest BCUT2D eigenvalue weighted by molar-refractivity contribution is 5.30. The Bertz CT molecular complexity index is 432. The van der Waals surface area contributed by atoms with E-state index in [2.05, 4.69) is 35.8 Å². The monoisotopic (exact) mass is 197 g/mol. The summed E-state index contributed by atoms with van der Waals surface area (Å²) in [5.41, 5.74) is 1.25. The largest absolute Gasteiger partial charge is 0.284 e. The Morgan fingerprint density at radius 3 is 2.73 bits per heavy atom. The lowest BCUT2D eigenvalue weighted by molar-refractivity contribution is 0.537. The van der Waals surface area contributed by atoms with Gasteiger partial charge in [0.25, 0.3) is 0 Å². The zero-order valence-corrected chi connectivity index (χ0v) is 8.17. The molecule has 2 aliphatic rings. The van der Waals surface area contributed by atoms with Crippen LogP contribution in [0.1, 0.15) is 11.6 Å². The van der Waals surface area contributed by atoms with E-state index in [4.69, 9.17) is 5.26 Å². The fraction of sp³-hybridized carbons (Fsp3) is 0.250. The normalized spacial score (nSPS) is 31.9. The van der Waals surface area contributed by atoms with E-state index in [9.17, 15) is 0 Å². The summed E-state index contributed by atoms with van der Waals surface area (Å²) in [6, 6.07) is 10.8. The van der Waals surface area contributed by atoms with Crippen LogP contribution in [0.15, 0.2) is 42.5 Å². The van der Waals surface area contributed by atoms with Gasteiger partial charge in [0, 0.05) is 0 Å². The second-order valence-electron chi connectivity index (χ2n) is 3.88. The molecule has 0 aliphatic carbocycles. The van der Waals surface area contributed by atoms with Gasteiger partial charge < -0.3 is 0 Å². The fourth-order valence-electron chi connectivity index (χ4n) is 2.09. The number of nitriles is 1. The Kier molecular flexibility index (Phi) is 1.77. The third kappa shape index (κ3) is 1.31. The van der Waals surface area contributed by atoms with Gasteiger partial charge in [0.15, 0.2) is 6.19 Å². The highest BCUT2D eigenvalue weighted by Gasteiger charge is 2.48. The predicted octanol–water partition coefficient (Wildman–Crippen LogP) is 1.38. The minimum Gasteiger partial charge on any atom is -0.284 e. The van der Waals surface area contributed by atoms with E-state index in [-0.39, 0.29) is 18.2 Å². The summed E-state index contributed by atoms with van der Waals surface area (Å²) in [6.45, 7) is 0. The fourth-order valence-corrected chi connectivity index (χ4v) is 2.09. The summed E-state index contributed by atoms with van der Waals surface area (Å²) in [4.78, 5) is 1.76. The number of rotatable bonds is 1. The van der Waals surface area contributed by atoms with Crippen molar-refractivity contribution in [3.05, 3.63) is 48.0 Å². The van der Waals surface area contributed by atoms with Crippen molar-refractivity contribution in [1.82, 2.24) is 10.2 Å². The first-order valence-corrected chi connectivity index (χ1v) is 5.07. The van der Waals surface area contributed by atoms with Crippen molar-refractivity contribution < 1.29 is 0 Å². The van der Waals surface area contributed by atoms with Crippen LogP contribution >= 0.6 is 0 Å². The zero-order valence-electron chi connectivity index (χ0n) is 8.17. The topological polar surface area (TPSA) is 38.8 Å². The van der Waals surface area contributed by atoms with E-state index in [0.29, 0.717) is 0 Å². The first-order chi connectivity index (χ1) is 7.40. The highest BCUT2D eigenvalue weighted by Crippen LogP contribution is 2.33. The molecule has 1 fully saturated rings. The maximum Gasteiger partial charge on any atom is 0.181 e. The van der Waals surface area contributed by atoms with Gasteiger partial charge in [-0.1, -0.05) is 42.5 Å². The average Bonchev–Trinajstić information content (AvgIpc) is 3.02. The van der Waals surface area contributed by atoms with Crippen LogP contribution in [0, 0.1) is 11.5 Å². The van der Waals surface area contributed by atoms with Crippen LogP contribution < -0.4 is 5.32 Å². The molecule has 1 N–H and O–H groups in total. The molecule has 3 atom stereocenters. The maximum atomic E-state index is 8.80. The maximum absolute atomic E-state index is 8.80. The Morgan fingerprint density at radius 2 is 2.00 bits per heavy atom. The van der Waals surface area contributed by atoms with E-state index in [1.807, 2.05) is 18.2 Å². The Labute approximate surface area is 88.6 Å². The Morgan fingerprint density at radius 1 is 1.20 bits per heavy atom. The van der Waals surface area contributed by atoms with E-state index in [1.165, 1.54) is 5.56 Å². The highest BCUT2D eigenvalue weighted by atomic mass is 15.4. The molecular weight excluding hydrogens is 186 g/mol. The molecule has 3 nitrogen and oxygen atoms in total. The predicted molar refractivity (Wildman–Crippen MR) is 56.5 cm³/mol. The molecular formula is C12H11N3. The molecule has 0 bridgehead atoms. The molecule has 2 heterocycles. The summed E-state index contributed by atoms with van der Waals surface area (Å²) in [5.74, 6) is 0.